The molecule has 104 valence electrons. The van der Waals surface area contributed by atoms with Gasteiger partial charge in [0.1, 0.15) is 5.82 Å². The van der Waals surface area contributed by atoms with Crippen LogP contribution >= 0.6 is 0 Å². The van der Waals surface area contributed by atoms with Crippen molar-refractivity contribution < 1.29 is 0 Å². The van der Waals surface area contributed by atoms with E-state index in [1.54, 1.807) is 31.0 Å². The van der Waals surface area contributed by atoms with Gasteiger partial charge < -0.3 is 15.2 Å². The predicted octanol–water partition coefficient (Wildman–Crippen LogP) is 0.641. The van der Waals surface area contributed by atoms with Crippen LogP contribution in [0.25, 0.3) is 0 Å². The maximum atomic E-state index is 11.8. The summed E-state index contributed by atoms with van der Waals surface area (Å²) in [6.45, 7) is 1.58. The van der Waals surface area contributed by atoms with Crippen LogP contribution in [0.3, 0.4) is 0 Å². The summed E-state index contributed by atoms with van der Waals surface area (Å²) in [6, 6.07) is 0.238. The van der Waals surface area contributed by atoms with E-state index in [9.17, 15) is 4.79 Å². The molecule has 1 unspecified atom stereocenters. The van der Waals surface area contributed by atoms with E-state index in [-0.39, 0.29) is 11.6 Å². The van der Waals surface area contributed by atoms with Gasteiger partial charge in [-0.05, 0) is 12.8 Å². The highest BCUT2D eigenvalue weighted by Gasteiger charge is 2.22. The van der Waals surface area contributed by atoms with Crippen molar-refractivity contribution in [2.75, 3.05) is 23.3 Å². The molecule has 0 aliphatic carbocycles. The molecule has 1 fully saturated rings. The van der Waals surface area contributed by atoms with Gasteiger partial charge in [0.15, 0.2) is 5.82 Å². The molecule has 7 nitrogen and oxygen atoms in total. The fraction of sp³-hybridized carbons (Fsp3) is 0.385. The zero-order valence-corrected chi connectivity index (χ0v) is 11.0. The fourth-order valence-corrected chi connectivity index (χ4v) is 2.44. The Morgan fingerprint density at radius 2 is 2.25 bits per heavy atom. The summed E-state index contributed by atoms with van der Waals surface area (Å²) in [7, 11) is 0. The molecule has 0 bridgehead atoms. The predicted molar refractivity (Wildman–Crippen MR) is 75.7 cm³/mol. The average Bonchev–Trinajstić information content (AvgIpc) is 2.49. The van der Waals surface area contributed by atoms with Gasteiger partial charge in [-0.15, -0.1) is 0 Å². The van der Waals surface area contributed by atoms with Crippen LogP contribution in [0.1, 0.15) is 12.8 Å². The van der Waals surface area contributed by atoms with Gasteiger partial charge in [-0.25, -0.2) is 9.97 Å². The third-order valence-electron chi connectivity index (χ3n) is 3.32. The van der Waals surface area contributed by atoms with E-state index in [1.807, 2.05) is 4.90 Å². The highest BCUT2D eigenvalue weighted by atomic mass is 16.1. The molecule has 1 atom stereocenters. The molecule has 1 aliphatic rings. The van der Waals surface area contributed by atoms with Crippen LogP contribution in [0.2, 0.25) is 0 Å². The normalized spacial score (nSPS) is 18.8. The Morgan fingerprint density at radius 1 is 1.30 bits per heavy atom. The highest BCUT2D eigenvalue weighted by molar-refractivity contribution is 5.39. The SMILES string of the molecule is O=c1[nH]ccnc1N1CCCC(Nc2cnccn2)C1. The lowest BCUT2D eigenvalue weighted by Crippen LogP contribution is -2.44. The van der Waals surface area contributed by atoms with Crippen LogP contribution in [-0.4, -0.2) is 39.1 Å². The van der Waals surface area contributed by atoms with Crippen molar-refractivity contribution in [1.29, 1.82) is 0 Å². The number of hydrogen-bond donors (Lipinski definition) is 2. The maximum absolute atomic E-state index is 11.8. The van der Waals surface area contributed by atoms with Gasteiger partial charge in [-0.3, -0.25) is 9.78 Å². The zero-order valence-electron chi connectivity index (χ0n) is 11.0. The van der Waals surface area contributed by atoms with E-state index in [0.717, 1.165) is 31.7 Å². The van der Waals surface area contributed by atoms with E-state index in [4.69, 9.17) is 0 Å². The number of anilines is 2. The summed E-state index contributed by atoms with van der Waals surface area (Å²) in [5.41, 5.74) is -0.146. The Balaban J connectivity index is 1.71. The molecule has 3 heterocycles. The average molecular weight is 272 g/mol. The van der Waals surface area contributed by atoms with Gasteiger partial charge >= 0.3 is 0 Å². The molecule has 0 saturated carbocycles. The molecule has 0 spiro atoms. The third kappa shape index (κ3) is 2.76. The van der Waals surface area contributed by atoms with E-state index in [0.29, 0.717) is 5.82 Å². The van der Waals surface area contributed by atoms with E-state index in [1.165, 1.54) is 0 Å². The number of rotatable bonds is 3. The van der Waals surface area contributed by atoms with Crippen molar-refractivity contribution in [1.82, 2.24) is 19.9 Å². The summed E-state index contributed by atoms with van der Waals surface area (Å²) in [4.78, 5) is 28.9. The number of H-pyrrole nitrogens is 1. The van der Waals surface area contributed by atoms with Crippen molar-refractivity contribution >= 4 is 11.6 Å². The van der Waals surface area contributed by atoms with Crippen molar-refractivity contribution in [2.45, 2.75) is 18.9 Å². The minimum atomic E-state index is -0.146. The molecule has 20 heavy (non-hydrogen) atoms. The van der Waals surface area contributed by atoms with Gasteiger partial charge in [0, 0.05) is 43.9 Å². The molecule has 2 aromatic heterocycles. The van der Waals surface area contributed by atoms with E-state index >= 15 is 0 Å². The Bertz CT molecular complexity index is 614. The number of nitrogens with one attached hydrogen (secondary N) is 2. The number of aromatic nitrogens is 4. The van der Waals surface area contributed by atoms with Crippen LogP contribution in [0.4, 0.5) is 11.6 Å². The number of nitrogens with zero attached hydrogens (tertiary/aromatic N) is 4. The van der Waals surface area contributed by atoms with Crippen LogP contribution in [0, 0.1) is 0 Å². The molecule has 0 radical (unpaired) electrons. The molecule has 2 aromatic rings. The van der Waals surface area contributed by atoms with Crippen molar-refractivity contribution in [3.8, 4) is 0 Å². The number of hydrogen-bond acceptors (Lipinski definition) is 6. The standard InChI is InChI=1S/C13H16N6O/c20-13-12(16-5-6-17-13)19-7-1-2-10(9-19)18-11-8-14-3-4-15-11/h3-6,8,10H,1-2,7,9H2,(H,15,18)(H,17,20). The first-order chi connectivity index (χ1) is 9.83. The maximum Gasteiger partial charge on any atom is 0.290 e. The Labute approximate surface area is 116 Å². The third-order valence-corrected chi connectivity index (χ3v) is 3.32. The molecule has 0 aromatic carbocycles. The summed E-state index contributed by atoms with van der Waals surface area (Å²) < 4.78 is 0. The first-order valence-corrected chi connectivity index (χ1v) is 6.64. The second-order valence-corrected chi connectivity index (χ2v) is 4.76. The first kappa shape index (κ1) is 12.6. The quantitative estimate of drug-likeness (QED) is 0.852. The van der Waals surface area contributed by atoms with Gasteiger partial charge in [0.25, 0.3) is 5.56 Å². The topological polar surface area (TPSA) is 86.8 Å². The molecule has 1 aliphatic heterocycles. The lowest BCUT2D eigenvalue weighted by Gasteiger charge is -2.33. The second-order valence-electron chi connectivity index (χ2n) is 4.76. The Kier molecular flexibility index (Phi) is 3.58. The number of piperidine rings is 1. The lowest BCUT2D eigenvalue weighted by atomic mass is 10.1. The van der Waals surface area contributed by atoms with E-state index < -0.39 is 0 Å². The molecular formula is C13H16N6O. The molecule has 0 amide bonds. The monoisotopic (exact) mass is 272 g/mol. The van der Waals surface area contributed by atoms with Crippen molar-refractivity contribution in [3.05, 3.63) is 41.3 Å². The zero-order chi connectivity index (χ0) is 13.8. The Hall–Kier alpha value is -2.44. The minimum Gasteiger partial charge on any atom is -0.364 e. The summed E-state index contributed by atoms with van der Waals surface area (Å²) in [6.07, 6.45) is 10.2. The molecule has 1 saturated heterocycles. The van der Waals surface area contributed by atoms with Gasteiger partial charge in [0.05, 0.1) is 6.20 Å². The summed E-state index contributed by atoms with van der Waals surface area (Å²) in [5, 5.41) is 3.34. The van der Waals surface area contributed by atoms with Crippen molar-refractivity contribution in [3.63, 3.8) is 0 Å². The van der Waals surface area contributed by atoms with Crippen LogP contribution < -0.4 is 15.8 Å². The second kappa shape index (κ2) is 5.68. The molecule has 2 N–H and O–H groups in total. The first-order valence-electron chi connectivity index (χ1n) is 6.64. The smallest absolute Gasteiger partial charge is 0.290 e. The molecule has 3 rings (SSSR count). The molecule has 7 heteroatoms. The summed E-state index contributed by atoms with van der Waals surface area (Å²) >= 11 is 0. The summed E-state index contributed by atoms with van der Waals surface area (Å²) in [5.74, 6) is 1.24. The largest absolute Gasteiger partial charge is 0.364 e. The van der Waals surface area contributed by atoms with Gasteiger partial charge in [-0.1, -0.05) is 0 Å². The minimum absolute atomic E-state index is 0.146. The number of aromatic amines is 1. The van der Waals surface area contributed by atoms with Gasteiger partial charge in [-0.2, -0.15) is 0 Å². The van der Waals surface area contributed by atoms with Crippen LogP contribution in [-0.2, 0) is 0 Å². The lowest BCUT2D eigenvalue weighted by molar-refractivity contribution is 0.524. The molecular weight excluding hydrogens is 256 g/mol. The van der Waals surface area contributed by atoms with Crippen LogP contribution in [0.15, 0.2) is 35.8 Å². The Morgan fingerprint density at radius 3 is 3.05 bits per heavy atom. The van der Waals surface area contributed by atoms with Gasteiger partial charge in [0.2, 0.25) is 0 Å². The fourth-order valence-electron chi connectivity index (χ4n) is 2.44. The van der Waals surface area contributed by atoms with E-state index in [2.05, 4.69) is 25.3 Å². The van der Waals surface area contributed by atoms with Crippen LogP contribution in [0.5, 0.6) is 0 Å². The highest BCUT2D eigenvalue weighted by Crippen LogP contribution is 2.16. The van der Waals surface area contributed by atoms with Crippen molar-refractivity contribution in [2.24, 2.45) is 0 Å².